The summed E-state index contributed by atoms with van der Waals surface area (Å²) < 4.78 is 41.5. The zero-order chi connectivity index (χ0) is 26.7. The second kappa shape index (κ2) is 10.8. The van der Waals surface area contributed by atoms with Gasteiger partial charge in [-0.1, -0.05) is 29.8 Å². The van der Waals surface area contributed by atoms with Crippen molar-refractivity contribution in [2.75, 3.05) is 24.7 Å². The minimum Gasteiger partial charge on any atom is -0.352 e. The fourth-order valence-corrected chi connectivity index (χ4v) is 5.10. The first kappa shape index (κ1) is 26.5. The maximum absolute atomic E-state index is 14.8. The lowest BCUT2D eigenvalue weighted by Crippen LogP contribution is -2.39. The maximum atomic E-state index is 14.8. The lowest BCUT2D eigenvalue weighted by Gasteiger charge is -2.18. The van der Waals surface area contributed by atoms with Crippen molar-refractivity contribution < 1.29 is 22.4 Å². The molecule has 0 radical (unpaired) electrons. The highest BCUT2D eigenvalue weighted by Gasteiger charge is 2.44. The lowest BCUT2D eigenvalue weighted by molar-refractivity contribution is -0.130. The summed E-state index contributed by atoms with van der Waals surface area (Å²) in [7, 11) is -3.68. The van der Waals surface area contributed by atoms with Gasteiger partial charge in [-0.2, -0.15) is 0 Å². The standard InChI is InChI=1S/C25H24ClFN4O5S/c1-37(35,36)30-14-19(24(33)28-13-16-5-7-17(26)8-6-16)20(15-30)25(34)29-22-10-9-18(12-21(22)27)31-11-3-2-4-23(31)32/h2-12,19-20H,13-15H2,1H3,(H,28,33)(H,29,34)/t19-,20-/m0/s1. The molecule has 2 heterocycles. The van der Waals surface area contributed by atoms with E-state index >= 15 is 0 Å². The number of carbonyl (C=O) groups excluding carboxylic acids is 2. The predicted octanol–water partition coefficient (Wildman–Crippen LogP) is 2.39. The Labute approximate surface area is 217 Å². The Balaban J connectivity index is 1.51. The van der Waals surface area contributed by atoms with Crippen molar-refractivity contribution in [3.63, 3.8) is 0 Å². The Hall–Kier alpha value is -3.54. The predicted molar refractivity (Wildman–Crippen MR) is 137 cm³/mol. The molecule has 2 amide bonds. The first-order chi connectivity index (χ1) is 17.5. The van der Waals surface area contributed by atoms with E-state index in [0.29, 0.717) is 5.02 Å². The van der Waals surface area contributed by atoms with E-state index in [1.165, 1.54) is 29.0 Å². The number of rotatable bonds is 7. The molecule has 2 aromatic carbocycles. The van der Waals surface area contributed by atoms with E-state index < -0.39 is 39.5 Å². The first-order valence-corrected chi connectivity index (χ1v) is 13.5. The summed E-state index contributed by atoms with van der Waals surface area (Å²) in [4.78, 5) is 38.1. The molecule has 0 unspecified atom stereocenters. The van der Waals surface area contributed by atoms with Crippen LogP contribution in [0.2, 0.25) is 5.02 Å². The zero-order valence-electron chi connectivity index (χ0n) is 19.7. The van der Waals surface area contributed by atoms with Gasteiger partial charge in [0.2, 0.25) is 21.8 Å². The van der Waals surface area contributed by atoms with Gasteiger partial charge >= 0.3 is 0 Å². The monoisotopic (exact) mass is 546 g/mol. The summed E-state index contributed by atoms with van der Waals surface area (Å²) in [5, 5.41) is 5.74. The Bertz CT molecular complexity index is 1490. The van der Waals surface area contributed by atoms with Crippen molar-refractivity contribution in [1.29, 1.82) is 0 Å². The number of aromatic nitrogens is 1. The van der Waals surface area contributed by atoms with Crippen LogP contribution in [0.25, 0.3) is 5.69 Å². The number of carbonyl (C=O) groups is 2. The molecule has 0 bridgehead atoms. The number of halogens is 2. The number of benzene rings is 2. The van der Waals surface area contributed by atoms with E-state index in [1.54, 1.807) is 36.4 Å². The van der Waals surface area contributed by atoms with Crippen molar-refractivity contribution in [2.45, 2.75) is 6.54 Å². The third kappa shape index (κ3) is 6.24. The molecule has 2 N–H and O–H groups in total. The van der Waals surface area contributed by atoms with Gasteiger partial charge in [0.05, 0.1) is 29.5 Å². The Kier molecular flexibility index (Phi) is 7.76. The van der Waals surface area contributed by atoms with Crippen LogP contribution < -0.4 is 16.2 Å². The third-order valence-corrected chi connectivity index (χ3v) is 7.61. The number of hydrogen-bond donors (Lipinski definition) is 2. The SMILES string of the molecule is CS(=O)(=O)N1C[C@H](C(=O)NCc2ccc(Cl)cc2)[C@@H](C(=O)Nc2ccc(-n3ccccc3=O)cc2F)C1. The van der Waals surface area contributed by atoms with Crippen LogP contribution in [0.3, 0.4) is 0 Å². The van der Waals surface area contributed by atoms with Crippen LogP contribution in [0, 0.1) is 17.7 Å². The van der Waals surface area contributed by atoms with Gasteiger partial charge in [0.15, 0.2) is 0 Å². The normalized spacial score (nSPS) is 17.9. The second-order valence-electron chi connectivity index (χ2n) is 8.70. The lowest BCUT2D eigenvalue weighted by atomic mass is 9.94. The van der Waals surface area contributed by atoms with Gasteiger partial charge in [-0.25, -0.2) is 17.1 Å². The number of pyridine rings is 1. The van der Waals surface area contributed by atoms with E-state index in [-0.39, 0.29) is 36.6 Å². The molecule has 1 fully saturated rings. The smallest absolute Gasteiger partial charge is 0.255 e. The molecule has 1 aromatic heterocycles. The average molecular weight is 547 g/mol. The Morgan fingerprint density at radius 3 is 2.32 bits per heavy atom. The maximum Gasteiger partial charge on any atom is 0.255 e. The molecule has 1 saturated heterocycles. The van der Waals surface area contributed by atoms with Gasteiger partial charge in [0.25, 0.3) is 5.56 Å². The highest BCUT2D eigenvalue weighted by molar-refractivity contribution is 7.88. The first-order valence-electron chi connectivity index (χ1n) is 11.3. The summed E-state index contributed by atoms with van der Waals surface area (Å²) >= 11 is 5.88. The van der Waals surface area contributed by atoms with Gasteiger partial charge in [0.1, 0.15) is 5.82 Å². The molecular weight excluding hydrogens is 523 g/mol. The van der Waals surface area contributed by atoms with Crippen LogP contribution in [0.5, 0.6) is 0 Å². The Morgan fingerprint density at radius 1 is 1.03 bits per heavy atom. The quantitative estimate of drug-likeness (QED) is 0.472. The van der Waals surface area contributed by atoms with Gasteiger partial charge in [-0.05, 0) is 35.9 Å². The van der Waals surface area contributed by atoms with Crippen LogP contribution in [-0.2, 0) is 26.2 Å². The van der Waals surface area contributed by atoms with E-state index in [1.807, 2.05) is 0 Å². The summed E-state index contributed by atoms with van der Waals surface area (Å²) in [5.41, 5.74) is 0.537. The fraction of sp³-hybridized carbons (Fsp3) is 0.240. The molecule has 4 rings (SSSR count). The van der Waals surface area contributed by atoms with Gasteiger partial charge in [-0.3, -0.25) is 19.0 Å². The number of amides is 2. The molecule has 2 atom stereocenters. The average Bonchev–Trinajstić information content (AvgIpc) is 3.32. The second-order valence-corrected chi connectivity index (χ2v) is 11.1. The van der Waals surface area contributed by atoms with Crippen molar-refractivity contribution in [3.8, 4) is 5.69 Å². The van der Waals surface area contributed by atoms with E-state index in [2.05, 4.69) is 10.6 Å². The van der Waals surface area contributed by atoms with Crippen molar-refractivity contribution in [2.24, 2.45) is 11.8 Å². The van der Waals surface area contributed by atoms with Gasteiger partial charge in [-0.15, -0.1) is 0 Å². The van der Waals surface area contributed by atoms with Crippen molar-refractivity contribution >= 4 is 39.1 Å². The van der Waals surface area contributed by atoms with Crippen LogP contribution in [0.1, 0.15) is 5.56 Å². The third-order valence-electron chi connectivity index (χ3n) is 6.12. The highest BCUT2D eigenvalue weighted by Crippen LogP contribution is 2.28. The van der Waals surface area contributed by atoms with Crippen molar-refractivity contribution in [1.82, 2.24) is 14.2 Å². The topological polar surface area (TPSA) is 118 Å². The van der Waals surface area contributed by atoms with Crippen molar-refractivity contribution in [3.05, 3.63) is 93.6 Å². The molecule has 0 aliphatic carbocycles. The molecule has 9 nitrogen and oxygen atoms in total. The molecule has 194 valence electrons. The molecule has 12 heteroatoms. The van der Waals surface area contributed by atoms with Crippen LogP contribution >= 0.6 is 11.6 Å². The number of nitrogens with zero attached hydrogens (tertiary/aromatic N) is 2. The Morgan fingerprint density at radius 2 is 1.70 bits per heavy atom. The van der Waals surface area contributed by atoms with Crippen LogP contribution in [-0.4, -0.2) is 48.4 Å². The summed E-state index contributed by atoms with van der Waals surface area (Å²) in [6.07, 6.45) is 2.49. The largest absolute Gasteiger partial charge is 0.352 e. The zero-order valence-corrected chi connectivity index (χ0v) is 21.3. The number of anilines is 1. The minimum absolute atomic E-state index is 0.157. The molecular formula is C25H24ClFN4O5S. The van der Waals surface area contributed by atoms with Gasteiger partial charge in [0, 0.05) is 43.0 Å². The molecule has 37 heavy (non-hydrogen) atoms. The fourth-order valence-electron chi connectivity index (χ4n) is 4.11. The number of hydrogen-bond acceptors (Lipinski definition) is 5. The molecule has 3 aromatic rings. The molecule has 1 aliphatic rings. The van der Waals surface area contributed by atoms with Crippen LogP contribution in [0.4, 0.5) is 10.1 Å². The molecule has 1 aliphatic heterocycles. The van der Waals surface area contributed by atoms with Crippen LogP contribution in [0.15, 0.2) is 71.7 Å². The molecule has 0 saturated carbocycles. The number of nitrogens with one attached hydrogen (secondary N) is 2. The summed E-state index contributed by atoms with van der Waals surface area (Å²) in [6.45, 7) is -0.237. The highest BCUT2D eigenvalue weighted by atomic mass is 35.5. The number of sulfonamides is 1. The van der Waals surface area contributed by atoms with Gasteiger partial charge < -0.3 is 10.6 Å². The van der Waals surface area contributed by atoms with E-state index in [0.717, 1.165) is 22.2 Å². The molecule has 0 spiro atoms. The summed E-state index contributed by atoms with van der Waals surface area (Å²) in [6, 6.07) is 15.2. The van der Waals surface area contributed by atoms with E-state index in [9.17, 15) is 27.2 Å². The summed E-state index contributed by atoms with van der Waals surface area (Å²) in [5.74, 6) is -4.01. The van der Waals surface area contributed by atoms with E-state index in [4.69, 9.17) is 11.6 Å². The minimum atomic E-state index is -3.68.